The van der Waals surface area contributed by atoms with Crippen molar-refractivity contribution in [1.29, 1.82) is 0 Å². The number of hydrogen-bond donors (Lipinski definition) is 0. The molecule has 100 valence electrons. The largest absolute Gasteiger partial charge is 0.493 e. The molecule has 0 aliphatic carbocycles. The Morgan fingerprint density at radius 3 is 2.00 bits per heavy atom. The van der Waals surface area contributed by atoms with E-state index in [9.17, 15) is 8.78 Å². The lowest BCUT2D eigenvalue weighted by atomic mass is 10.1. The number of benzene rings is 2. The van der Waals surface area contributed by atoms with Crippen molar-refractivity contribution in [2.45, 2.75) is 20.3 Å². The number of aryl methyl sites for hydroxylation is 2. The first-order valence-electron chi connectivity index (χ1n) is 6.19. The molecule has 2 aromatic rings. The minimum absolute atomic E-state index is 0.395. The van der Waals surface area contributed by atoms with Crippen molar-refractivity contribution < 1.29 is 13.5 Å². The molecule has 2 rings (SSSR count). The van der Waals surface area contributed by atoms with Crippen LogP contribution in [0.1, 0.15) is 16.7 Å². The zero-order chi connectivity index (χ0) is 13.8. The first-order chi connectivity index (χ1) is 9.02. The van der Waals surface area contributed by atoms with Crippen LogP contribution in [0.2, 0.25) is 0 Å². The third kappa shape index (κ3) is 4.05. The summed E-state index contributed by atoms with van der Waals surface area (Å²) < 4.78 is 31.6. The minimum Gasteiger partial charge on any atom is -0.493 e. The number of hydrogen-bond acceptors (Lipinski definition) is 1. The second-order valence-electron chi connectivity index (χ2n) is 4.70. The fourth-order valence-electron chi connectivity index (χ4n) is 2.06. The van der Waals surface area contributed by atoms with Crippen LogP contribution in [0.25, 0.3) is 0 Å². The lowest BCUT2D eigenvalue weighted by Crippen LogP contribution is -2.02. The van der Waals surface area contributed by atoms with Gasteiger partial charge in [-0.2, -0.15) is 0 Å². The van der Waals surface area contributed by atoms with E-state index >= 15 is 0 Å². The monoisotopic (exact) mass is 262 g/mol. The van der Waals surface area contributed by atoms with Crippen LogP contribution in [0.5, 0.6) is 5.75 Å². The summed E-state index contributed by atoms with van der Waals surface area (Å²) in [7, 11) is 0. The Balaban J connectivity index is 1.96. The molecule has 0 bridgehead atoms. The summed E-state index contributed by atoms with van der Waals surface area (Å²) in [5.74, 6) is -0.322. The third-order valence-electron chi connectivity index (χ3n) is 2.78. The molecule has 0 unspecified atom stereocenters. The van der Waals surface area contributed by atoms with Gasteiger partial charge in [0.25, 0.3) is 0 Å². The molecule has 2 aromatic carbocycles. The van der Waals surface area contributed by atoms with Crippen molar-refractivity contribution in [2.24, 2.45) is 0 Å². The highest BCUT2D eigenvalue weighted by Crippen LogP contribution is 2.17. The quantitative estimate of drug-likeness (QED) is 0.802. The Hall–Kier alpha value is -1.90. The van der Waals surface area contributed by atoms with Crippen LogP contribution < -0.4 is 4.74 Å². The zero-order valence-electron chi connectivity index (χ0n) is 11.0. The van der Waals surface area contributed by atoms with Gasteiger partial charge in [0.1, 0.15) is 17.4 Å². The van der Waals surface area contributed by atoms with E-state index in [1.54, 1.807) is 0 Å². The smallest absolute Gasteiger partial charge is 0.126 e. The summed E-state index contributed by atoms with van der Waals surface area (Å²) >= 11 is 0. The van der Waals surface area contributed by atoms with E-state index in [0.717, 1.165) is 22.9 Å². The minimum atomic E-state index is -0.554. The van der Waals surface area contributed by atoms with E-state index in [-0.39, 0.29) is 0 Å². The summed E-state index contributed by atoms with van der Waals surface area (Å²) in [6.45, 7) is 4.40. The van der Waals surface area contributed by atoms with Crippen LogP contribution in [-0.4, -0.2) is 6.61 Å². The van der Waals surface area contributed by atoms with Crippen LogP contribution in [-0.2, 0) is 6.42 Å². The summed E-state index contributed by atoms with van der Waals surface area (Å²) in [5.41, 5.74) is 2.86. The highest BCUT2D eigenvalue weighted by molar-refractivity contribution is 5.33. The fraction of sp³-hybridized carbons (Fsp3) is 0.250. The van der Waals surface area contributed by atoms with Crippen LogP contribution in [0, 0.1) is 25.5 Å². The predicted octanol–water partition coefficient (Wildman–Crippen LogP) is 4.20. The molecule has 0 saturated heterocycles. The summed E-state index contributed by atoms with van der Waals surface area (Å²) in [6.07, 6.45) is 0.474. The Labute approximate surface area is 111 Å². The van der Waals surface area contributed by atoms with E-state index in [0.29, 0.717) is 18.6 Å². The van der Waals surface area contributed by atoms with E-state index in [1.165, 1.54) is 12.1 Å². The summed E-state index contributed by atoms with van der Waals surface area (Å²) in [4.78, 5) is 0. The van der Waals surface area contributed by atoms with E-state index < -0.39 is 11.6 Å². The van der Waals surface area contributed by atoms with Crippen molar-refractivity contribution in [2.75, 3.05) is 6.61 Å². The molecule has 0 aromatic heterocycles. The number of ether oxygens (including phenoxy) is 1. The molecule has 0 amide bonds. The predicted molar refractivity (Wildman–Crippen MR) is 71.5 cm³/mol. The number of halogens is 2. The Morgan fingerprint density at radius 2 is 1.42 bits per heavy atom. The molecule has 0 N–H and O–H groups in total. The Bertz CT molecular complexity index is 487. The molecule has 1 nitrogen and oxygen atoms in total. The van der Waals surface area contributed by atoms with Gasteiger partial charge in [-0.1, -0.05) is 6.07 Å². The van der Waals surface area contributed by atoms with Gasteiger partial charge in [0, 0.05) is 12.5 Å². The molecule has 0 spiro atoms. The highest BCUT2D eigenvalue weighted by Gasteiger charge is 2.02. The van der Waals surface area contributed by atoms with E-state index in [4.69, 9.17) is 4.74 Å². The summed E-state index contributed by atoms with van der Waals surface area (Å²) in [5, 5.41) is 0. The van der Waals surface area contributed by atoms with Gasteiger partial charge in [0.15, 0.2) is 0 Å². The van der Waals surface area contributed by atoms with Gasteiger partial charge < -0.3 is 4.74 Å². The first kappa shape index (κ1) is 13.5. The van der Waals surface area contributed by atoms with Crippen LogP contribution in [0.3, 0.4) is 0 Å². The van der Waals surface area contributed by atoms with Crippen LogP contribution in [0.4, 0.5) is 8.78 Å². The number of rotatable bonds is 4. The molecule has 3 heteroatoms. The normalized spacial score (nSPS) is 10.5. The molecule has 0 aliphatic heterocycles. The molecular weight excluding hydrogens is 246 g/mol. The topological polar surface area (TPSA) is 9.23 Å². The van der Waals surface area contributed by atoms with Gasteiger partial charge in [-0.25, -0.2) is 8.78 Å². The van der Waals surface area contributed by atoms with Gasteiger partial charge in [0.05, 0.1) is 6.61 Å². The molecule has 0 heterocycles. The molecule has 0 radical (unpaired) electrons. The van der Waals surface area contributed by atoms with Gasteiger partial charge in [-0.3, -0.25) is 0 Å². The van der Waals surface area contributed by atoms with Crippen molar-refractivity contribution in [3.8, 4) is 5.75 Å². The van der Waals surface area contributed by atoms with Crippen LogP contribution in [0.15, 0.2) is 36.4 Å². The van der Waals surface area contributed by atoms with Gasteiger partial charge in [-0.05, 0) is 54.8 Å². The van der Waals surface area contributed by atoms with Gasteiger partial charge in [-0.15, -0.1) is 0 Å². The molecule has 0 fully saturated rings. The van der Waals surface area contributed by atoms with Crippen molar-refractivity contribution >= 4 is 0 Å². The molecule has 0 saturated carbocycles. The van der Waals surface area contributed by atoms with Crippen molar-refractivity contribution in [1.82, 2.24) is 0 Å². The average Bonchev–Trinajstić information content (AvgIpc) is 2.26. The van der Waals surface area contributed by atoms with Crippen molar-refractivity contribution in [3.63, 3.8) is 0 Å². The second-order valence-corrected chi connectivity index (χ2v) is 4.70. The second kappa shape index (κ2) is 5.83. The molecule has 0 atom stereocenters. The maximum absolute atomic E-state index is 13.0. The lowest BCUT2D eigenvalue weighted by molar-refractivity contribution is 0.321. The first-order valence-corrected chi connectivity index (χ1v) is 6.19. The zero-order valence-corrected chi connectivity index (χ0v) is 11.0. The van der Waals surface area contributed by atoms with Gasteiger partial charge >= 0.3 is 0 Å². The van der Waals surface area contributed by atoms with Crippen molar-refractivity contribution in [3.05, 3.63) is 64.7 Å². The highest BCUT2D eigenvalue weighted by atomic mass is 19.1. The fourth-order valence-corrected chi connectivity index (χ4v) is 2.06. The van der Waals surface area contributed by atoms with Crippen LogP contribution >= 0.6 is 0 Å². The standard InChI is InChI=1S/C16H16F2O/c1-11-5-12(2)7-16(6-11)19-4-3-13-8-14(17)10-15(18)9-13/h5-10H,3-4H2,1-2H3. The SMILES string of the molecule is Cc1cc(C)cc(OCCc2cc(F)cc(F)c2)c1. The van der Waals surface area contributed by atoms with E-state index in [2.05, 4.69) is 6.07 Å². The summed E-state index contributed by atoms with van der Waals surface area (Å²) in [6, 6.07) is 9.48. The average molecular weight is 262 g/mol. The molecule has 0 aliphatic rings. The third-order valence-corrected chi connectivity index (χ3v) is 2.78. The maximum Gasteiger partial charge on any atom is 0.126 e. The van der Waals surface area contributed by atoms with Gasteiger partial charge in [0.2, 0.25) is 0 Å². The lowest BCUT2D eigenvalue weighted by Gasteiger charge is -2.08. The molecule has 19 heavy (non-hydrogen) atoms. The van der Waals surface area contributed by atoms with E-state index in [1.807, 2.05) is 26.0 Å². The molecular formula is C16H16F2O. The Kier molecular flexibility index (Phi) is 4.15. The Morgan fingerprint density at radius 1 is 0.842 bits per heavy atom. The maximum atomic E-state index is 13.0.